The van der Waals surface area contributed by atoms with Crippen LogP contribution in [0.2, 0.25) is 0 Å². The summed E-state index contributed by atoms with van der Waals surface area (Å²) in [4.78, 5) is 0.0692. The molecule has 0 heterocycles. The van der Waals surface area contributed by atoms with Crippen molar-refractivity contribution in [3.05, 3.63) is 60.7 Å². The summed E-state index contributed by atoms with van der Waals surface area (Å²) in [5.74, 6) is 0.617. The van der Waals surface area contributed by atoms with Gasteiger partial charge < -0.3 is 4.74 Å². The lowest BCUT2D eigenvalue weighted by molar-refractivity contribution is 0.364. The fourth-order valence-corrected chi connectivity index (χ4v) is 2.43. The van der Waals surface area contributed by atoms with Crippen LogP contribution < -0.4 is 9.88 Å². The number of primary sulfonamides is 1. The van der Waals surface area contributed by atoms with Gasteiger partial charge in [0.05, 0.1) is 4.90 Å². The molecule has 0 saturated heterocycles. The quantitative estimate of drug-likeness (QED) is 0.863. The van der Waals surface area contributed by atoms with Gasteiger partial charge in [-0.05, 0) is 30.7 Å². The minimum atomic E-state index is -3.74. The first kappa shape index (κ1) is 15.3. The maximum Gasteiger partial charge on any atom is 0.238 e. The van der Waals surface area contributed by atoms with Crippen LogP contribution in [-0.2, 0) is 10.0 Å². The number of rotatable bonds is 5. The molecule has 0 bridgehead atoms. The molecule has 2 N–H and O–H groups in total. The molecular formula is C16H17NO3S. The second kappa shape index (κ2) is 6.56. The monoisotopic (exact) mass is 303 g/mol. The van der Waals surface area contributed by atoms with E-state index in [0.29, 0.717) is 17.9 Å². The summed E-state index contributed by atoms with van der Waals surface area (Å²) in [6.45, 7) is 2.33. The molecule has 4 nitrogen and oxygen atoms in total. The van der Waals surface area contributed by atoms with E-state index in [-0.39, 0.29) is 4.90 Å². The Kier molecular flexibility index (Phi) is 4.77. The molecule has 0 fully saturated rings. The molecule has 2 aromatic carbocycles. The van der Waals surface area contributed by atoms with E-state index in [2.05, 4.69) is 0 Å². The Morgan fingerprint density at radius 3 is 2.48 bits per heavy atom. The van der Waals surface area contributed by atoms with Crippen molar-refractivity contribution < 1.29 is 13.2 Å². The summed E-state index contributed by atoms with van der Waals surface area (Å²) in [7, 11) is -3.74. The molecule has 2 aromatic rings. The summed E-state index contributed by atoms with van der Waals surface area (Å²) in [5.41, 5.74) is 1.57. The van der Waals surface area contributed by atoms with Crippen LogP contribution >= 0.6 is 0 Å². The van der Waals surface area contributed by atoms with Crippen LogP contribution in [0.25, 0.3) is 11.1 Å². The molecule has 0 aromatic heterocycles. The summed E-state index contributed by atoms with van der Waals surface area (Å²) in [6, 6.07) is 14.1. The van der Waals surface area contributed by atoms with E-state index in [0.717, 1.165) is 5.56 Å². The number of nitrogens with two attached hydrogens (primary N) is 1. The molecule has 0 saturated carbocycles. The normalized spacial score (nSPS) is 11.7. The van der Waals surface area contributed by atoms with E-state index in [1.54, 1.807) is 6.07 Å². The molecule has 21 heavy (non-hydrogen) atoms. The highest BCUT2D eigenvalue weighted by molar-refractivity contribution is 7.89. The van der Waals surface area contributed by atoms with Crippen LogP contribution in [-0.4, -0.2) is 15.0 Å². The Labute approximate surface area is 124 Å². The summed E-state index contributed by atoms with van der Waals surface area (Å²) < 4.78 is 28.7. The van der Waals surface area contributed by atoms with Gasteiger partial charge in [-0.15, -0.1) is 0 Å². The van der Waals surface area contributed by atoms with Gasteiger partial charge in [0.1, 0.15) is 12.4 Å². The average molecular weight is 303 g/mol. The third-order valence-electron chi connectivity index (χ3n) is 2.94. The second-order valence-electron chi connectivity index (χ2n) is 4.45. The number of ether oxygens (including phenoxy) is 1. The SMILES string of the molecule is C/C=C/COc1ccc(S(N)(=O)=O)cc1-c1ccccc1. The molecule has 0 aliphatic rings. The minimum absolute atomic E-state index is 0.0692. The maximum atomic E-state index is 11.5. The third-order valence-corrected chi connectivity index (χ3v) is 3.85. The van der Waals surface area contributed by atoms with Crippen LogP contribution in [0, 0.1) is 0 Å². The molecular weight excluding hydrogens is 286 g/mol. The summed E-state index contributed by atoms with van der Waals surface area (Å²) >= 11 is 0. The van der Waals surface area contributed by atoms with E-state index < -0.39 is 10.0 Å². The number of hydrogen-bond acceptors (Lipinski definition) is 3. The van der Waals surface area contributed by atoms with Crippen LogP contribution in [0.4, 0.5) is 0 Å². The fraction of sp³-hybridized carbons (Fsp3) is 0.125. The molecule has 0 spiro atoms. The number of hydrogen-bond donors (Lipinski definition) is 1. The first-order valence-electron chi connectivity index (χ1n) is 6.48. The van der Waals surface area contributed by atoms with Gasteiger partial charge in [0.15, 0.2) is 0 Å². The zero-order valence-corrected chi connectivity index (χ0v) is 12.5. The number of allylic oxidation sites excluding steroid dienone is 1. The van der Waals surface area contributed by atoms with Crippen LogP contribution in [0.15, 0.2) is 65.6 Å². The van der Waals surface area contributed by atoms with E-state index in [1.165, 1.54) is 12.1 Å². The Balaban J connectivity index is 2.50. The van der Waals surface area contributed by atoms with Crippen molar-refractivity contribution in [3.63, 3.8) is 0 Å². The van der Waals surface area contributed by atoms with Crippen molar-refractivity contribution in [1.29, 1.82) is 0 Å². The van der Waals surface area contributed by atoms with Gasteiger partial charge in [0, 0.05) is 5.56 Å². The Hall–Kier alpha value is -2.11. The lowest BCUT2D eigenvalue weighted by Gasteiger charge is -2.12. The van der Waals surface area contributed by atoms with Gasteiger partial charge in [-0.2, -0.15) is 0 Å². The topological polar surface area (TPSA) is 69.4 Å². The predicted molar refractivity (Wildman–Crippen MR) is 83.6 cm³/mol. The van der Waals surface area contributed by atoms with Crippen molar-refractivity contribution >= 4 is 10.0 Å². The molecule has 0 unspecified atom stereocenters. The van der Waals surface area contributed by atoms with E-state index in [4.69, 9.17) is 9.88 Å². The van der Waals surface area contributed by atoms with Crippen LogP contribution in [0.5, 0.6) is 5.75 Å². The highest BCUT2D eigenvalue weighted by atomic mass is 32.2. The maximum absolute atomic E-state index is 11.5. The standard InChI is InChI=1S/C16H17NO3S/c1-2-3-11-20-16-10-9-14(21(17,18)19)12-15(16)13-7-5-4-6-8-13/h2-10,12H,11H2,1H3,(H2,17,18,19)/b3-2+. The van der Waals surface area contributed by atoms with Gasteiger partial charge in [-0.3, -0.25) is 0 Å². The average Bonchev–Trinajstić information content (AvgIpc) is 2.47. The second-order valence-corrected chi connectivity index (χ2v) is 6.01. The van der Waals surface area contributed by atoms with Crippen LogP contribution in [0.3, 0.4) is 0 Å². The fourth-order valence-electron chi connectivity index (χ4n) is 1.89. The first-order chi connectivity index (χ1) is 10.0. The molecule has 5 heteroatoms. The number of benzene rings is 2. The lowest BCUT2D eigenvalue weighted by atomic mass is 10.0. The smallest absolute Gasteiger partial charge is 0.238 e. The van der Waals surface area contributed by atoms with E-state index in [1.807, 2.05) is 49.4 Å². The molecule has 110 valence electrons. The van der Waals surface area contributed by atoms with Gasteiger partial charge in [0.2, 0.25) is 10.0 Å². The Morgan fingerprint density at radius 1 is 1.14 bits per heavy atom. The molecule has 0 atom stereocenters. The van der Waals surface area contributed by atoms with E-state index in [9.17, 15) is 8.42 Å². The third kappa shape index (κ3) is 3.93. The van der Waals surface area contributed by atoms with Crippen molar-refractivity contribution in [3.8, 4) is 16.9 Å². The van der Waals surface area contributed by atoms with Gasteiger partial charge in [-0.1, -0.05) is 42.5 Å². The summed E-state index contributed by atoms with van der Waals surface area (Å²) in [5, 5.41) is 5.20. The summed E-state index contributed by atoms with van der Waals surface area (Å²) in [6.07, 6.45) is 3.77. The highest BCUT2D eigenvalue weighted by Crippen LogP contribution is 2.32. The molecule has 0 radical (unpaired) electrons. The minimum Gasteiger partial charge on any atom is -0.489 e. The largest absolute Gasteiger partial charge is 0.489 e. The van der Waals surface area contributed by atoms with Crippen molar-refractivity contribution in [2.45, 2.75) is 11.8 Å². The number of sulfonamides is 1. The van der Waals surface area contributed by atoms with Crippen LogP contribution in [0.1, 0.15) is 6.92 Å². The van der Waals surface area contributed by atoms with Crippen molar-refractivity contribution in [1.82, 2.24) is 0 Å². The van der Waals surface area contributed by atoms with Gasteiger partial charge >= 0.3 is 0 Å². The molecule has 0 aliphatic carbocycles. The zero-order valence-electron chi connectivity index (χ0n) is 11.7. The Morgan fingerprint density at radius 2 is 1.86 bits per heavy atom. The Bertz CT molecular complexity index is 737. The molecule has 2 rings (SSSR count). The van der Waals surface area contributed by atoms with Gasteiger partial charge in [0.25, 0.3) is 0 Å². The van der Waals surface area contributed by atoms with Gasteiger partial charge in [-0.25, -0.2) is 13.6 Å². The highest BCUT2D eigenvalue weighted by Gasteiger charge is 2.13. The zero-order chi connectivity index (χ0) is 15.3. The first-order valence-corrected chi connectivity index (χ1v) is 8.03. The van der Waals surface area contributed by atoms with Crippen molar-refractivity contribution in [2.75, 3.05) is 6.61 Å². The molecule has 0 aliphatic heterocycles. The molecule has 0 amide bonds. The van der Waals surface area contributed by atoms with E-state index >= 15 is 0 Å². The predicted octanol–water partition coefficient (Wildman–Crippen LogP) is 2.96. The lowest BCUT2D eigenvalue weighted by Crippen LogP contribution is -2.12. The van der Waals surface area contributed by atoms with Crippen molar-refractivity contribution in [2.24, 2.45) is 5.14 Å².